The van der Waals surface area contributed by atoms with Gasteiger partial charge in [-0.25, -0.2) is 0 Å². The molecule has 0 saturated heterocycles. The summed E-state index contributed by atoms with van der Waals surface area (Å²) in [6, 6.07) is 5.89. The minimum absolute atomic E-state index is 0.145. The summed E-state index contributed by atoms with van der Waals surface area (Å²) in [5, 5.41) is 0.720. The Morgan fingerprint density at radius 1 is 1.56 bits per heavy atom. The fourth-order valence-electron chi connectivity index (χ4n) is 1.58. The number of hydrogen-bond donors (Lipinski definition) is 2. The van der Waals surface area contributed by atoms with Gasteiger partial charge in [-0.2, -0.15) is 0 Å². The monoisotopic (exact) mass is 302 g/mol. The van der Waals surface area contributed by atoms with E-state index in [4.69, 9.17) is 17.4 Å². The van der Waals surface area contributed by atoms with Gasteiger partial charge >= 0.3 is 0 Å². The maximum absolute atomic E-state index is 5.90. The van der Waals surface area contributed by atoms with E-state index in [9.17, 15) is 0 Å². The van der Waals surface area contributed by atoms with Crippen molar-refractivity contribution < 1.29 is 0 Å². The Balaban J connectivity index is 2.74. The number of halogens is 2. The van der Waals surface area contributed by atoms with Crippen LogP contribution in [0.2, 0.25) is 5.02 Å². The molecule has 1 atom stereocenters. The maximum Gasteiger partial charge on any atom is 0.0471 e. The summed E-state index contributed by atoms with van der Waals surface area (Å²) in [6.07, 6.45) is 4.96. The van der Waals surface area contributed by atoms with Gasteiger partial charge in [-0.05, 0) is 37.0 Å². The highest BCUT2D eigenvalue weighted by molar-refractivity contribution is 9.10. The van der Waals surface area contributed by atoms with Crippen molar-refractivity contribution in [1.82, 2.24) is 5.43 Å². The van der Waals surface area contributed by atoms with Crippen LogP contribution in [0.4, 0.5) is 0 Å². The molecule has 1 rings (SSSR count). The zero-order chi connectivity index (χ0) is 12.0. The number of allylic oxidation sites excluding steroid dienone is 1. The standard InChI is InChI=1S/C12H16BrClN2/c1-2-3-4-5-12(16-15)10-7-6-9(14)8-11(10)13/h2,6-8,12,16H,1,3-5,15H2. The zero-order valence-corrected chi connectivity index (χ0v) is 11.4. The molecule has 3 N–H and O–H groups in total. The molecule has 0 bridgehead atoms. The number of benzene rings is 1. The van der Waals surface area contributed by atoms with E-state index in [2.05, 4.69) is 27.9 Å². The summed E-state index contributed by atoms with van der Waals surface area (Å²) in [5.41, 5.74) is 3.97. The molecule has 0 heterocycles. The van der Waals surface area contributed by atoms with Gasteiger partial charge in [-0.15, -0.1) is 6.58 Å². The fourth-order valence-corrected chi connectivity index (χ4v) is 2.54. The van der Waals surface area contributed by atoms with Crippen molar-refractivity contribution in [2.75, 3.05) is 0 Å². The molecule has 0 spiro atoms. The lowest BCUT2D eigenvalue weighted by atomic mass is 10.0. The molecule has 0 amide bonds. The minimum Gasteiger partial charge on any atom is -0.271 e. The second kappa shape index (κ2) is 7.07. The van der Waals surface area contributed by atoms with Gasteiger partial charge in [0.2, 0.25) is 0 Å². The van der Waals surface area contributed by atoms with Crippen molar-refractivity contribution in [3.8, 4) is 0 Å². The van der Waals surface area contributed by atoms with E-state index in [0.717, 1.165) is 34.3 Å². The zero-order valence-electron chi connectivity index (χ0n) is 9.05. The first-order chi connectivity index (χ1) is 7.69. The fraction of sp³-hybridized carbons (Fsp3) is 0.333. The third kappa shape index (κ3) is 3.91. The van der Waals surface area contributed by atoms with Gasteiger partial charge in [0.15, 0.2) is 0 Å². The molecule has 0 aromatic heterocycles. The predicted octanol–water partition coefficient (Wildman–Crippen LogP) is 3.96. The van der Waals surface area contributed by atoms with Crippen molar-refractivity contribution in [3.63, 3.8) is 0 Å². The number of nitrogens with one attached hydrogen (secondary N) is 1. The molecule has 88 valence electrons. The van der Waals surface area contributed by atoms with Gasteiger partial charge in [0, 0.05) is 15.5 Å². The quantitative estimate of drug-likeness (QED) is 0.361. The third-order valence-electron chi connectivity index (χ3n) is 2.44. The predicted molar refractivity (Wildman–Crippen MR) is 73.3 cm³/mol. The lowest BCUT2D eigenvalue weighted by Crippen LogP contribution is -2.28. The van der Waals surface area contributed by atoms with Crippen LogP contribution < -0.4 is 11.3 Å². The Morgan fingerprint density at radius 3 is 2.88 bits per heavy atom. The van der Waals surface area contributed by atoms with Gasteiger partial charge in [-0.3, -0.25) is 11.3 Å². The van der Waals surface area contributed by atoms with Crippen molar-refractivity contribution in [3.05, 3.63) is 45.9 Å². The van der Waals surface area contributed by atoms with Crippen LogP contribution in [0, 0.1) is 0 Å². The molecule has 16 heavy (non-hydrogen) atoms. The maximum atomic E-state index is 5.90. The highest BCUT2D eigenvalue weighted by atomic mass is 79.9. The molecule has 1 unspecified atom stereocenters. The van der Waals surface area contributed by atoms with E-state index < -0.39 is 0 Å². The van der Waals surface area contributed by atoms with E-state index in [1.54, 1.807) is 0 Å². The average molecular weight is 304 g/mol. The summed E-state index contributed by atoms with van der Waals surface area (Å²) < 4.78 is 0.988. The van der Waals surface area contributed by atoms with Gasteiger partial charge in [0.05, 0.1) is 0 Å². The summed E-state index contributed by atoms with van der Waals surface area (Å²) in [7, 11) is 0. The van der Waals surface area contributed by atoms with E-state index in [1.165, 1.54) is 0 Å². The number of rotatable bonds is 6. The topological polar surface area (TPSA) is 38.0 Å². The van der Waals surface area contributed by atoms with Crippen LogP contribution >= 0.6 is 27.5 Å². The Kier molecular flexibility index (Phi) is 6.06. The van der Waals surface area contributed by atoms with Crippen LogP contribution in [0.3, 0.4) is 0 Å². The number of nitrogens with two attached hydrogens (primary N) is 1. The largest absolute Gasteiger partial charge is 0.271 e. The molecule has 0 aliphatic rings. The van der Waals surface area contributed by atoms with Gasteiger partial charge in [0.25, 0.3) is 0 Å². The lowest BCUT2D eigenvalue weighted by molar-refractivity contribution is 0.499. The van der Waals surface area contributed by atoms with E-state index >= 15 is 0 Å². The highest BCUT2D eigenvalue weighted by Gasteiger charge is 2.12. The van der Waals surface area contributed by atoms with Crippen molar-refractivity contribution in [2.24, 2.45) is 5.84 Å². The Morgan fingerprint density at radius 2 is 2.31 bits per heavy atom. The Bertz CT molecular complexity index is 355. The first kappa shape index (κ1) is 13.7. The van der Waals surface area contributed by atoms with Crippen molar-refractivity contribution >= 4 is 27.5 Å². The molecule has 1 aromatic rings. The normalized spacial score (nSPS) is 12.4. The first-order valence-electron chi connectivity index (χ1n) is 5.21. The van der Waals surface area contributed by atoms with Crippen molar-refractivity contribution in [2.45, 2.75) is 25.3 Å². The van der Waals surface area contributed by atoms with E-state index in [-0.39, 0.29) is 6.04 Å². The molecule has 0 fully saturated rings. The molecule has 0 aliphatic carbocycles. The van der Waals surface area contributed by atoms with Crippen LogP contribution in [0.25, 0.3) is 0 Å². The Labute approximate surface area is 110 Å². The van der Waals surface area contributed by atoms with Gasteiger partial charge < -0.3 is 0 Å². The number of unbranched alkanes of at least 4 members (excludes halogenated alkanes) is 1. The molecule has 1 aromatic carbocycles. The number of hydrogen-bond acceptors (Lipinski definition) is 2. The summed E-state index contributed by atoms with van der Waals surface area (Å²) in [4.78, 5) is 0. The second-order valence-corrected chi connectivity index (χ2v) is 4.90. The molecule has 4 heteroatoms. The van der Waals surface area contributed by atoms with Gasteiger partial charge in [-0.1, -0.05) is 39.7 Å². The molecular weight excluding hydrogens is 288 g/mol. The molecule has 0 radical (unpaired) electrons. The average Bonchev–Trinajstić information content (AvgIpc) is 2.26. The lowest BCUT2D eigenvalue weighted by Gasteiger charge is -2.17. The van der Waals surface area contributed by atoms with E-state index in [1.807, 2.05) is 24.3 Å². The van der Waals surface area contributed by atoms with Crippen LogP contribution in [0.1, 0.15) is 30.9 Å². The van der Waals surface area contributed by atoms with Crippen LogP contribution in [-0.4, -0.2) is 0 Å². The minimum atomic E-state index is 0.145. The van der Waals surface area contributed by atoms with Gasteiger partial charge in [0.1, 0.15) is 0 Å². The first-order valence-corrected chi connectivity index (χ1v) is 6.38. The van der Waals surface area contributed by atoms with E-state index in [0.29, 0.717) is 0 Å². The summed E-state index contributed by atoms with van der Waals surface area (Å²) in [6.45, 7) is 3.71. The van der Waals surface area contributed by atoms with Crippen LogP contribution in [0.15, 0.2) is 35.3 Å². The Hall–Kier alpha value is -0.350. The smallest absolute Gasteiger partial charge is 0.0471 e. The third-order valence-corrected chi connectivity index (χ3v) is 3.36. The molecular formula is C12H16BrClN2. The molecule has 0 saturated carbocycles. The SMILES string of the molecule is C=CCCCC(NN)c1ccc(Cl)cc1Br. The molecule has 2 nitrogen and oxygen atoms in total. The second-order valence-electron chi connectivity index (χ2n) is 3.60. The number of hydrazine groups is 1. The highest BCUT2D eigenvalue weighted by Crippen LogP contribution is 2.28. The molecule has 0 aliphatic heterocycles. The summed E-state index contributed by atoms with van der Waals surface area (Å²) >= 11 is 9.39. The van der Waals surface area contributed by atoms with Crippen LogP contribution in [-0.2, 0) is 0 Å². The summed E-state index contributed by atoms with van der Waals surface area (Å²) in [5.74, 6) is 5.56. The van der Waals surface area contributed by atoms with Crippen molar-refractivity contribution in [1.29, 1.82) is 0 Å². The van der Waals surface area contributed by atoms with Crippen LogP contribution in [0.5, 0.6) is 0 Å².